The molecule has 0 unspecified atom stereocenters. The van der Waals surface area contributed by atoms with Crippen LogP contribution in [0.1, 0.15) is 50.5 Å². The fraction of sp³-hybridized carbons (Fsp3) is 0.600. The van der Waals surface area contributed by atoms with Crippen molar-refractivity contribution in [1.29, 1.82) is 0 Å². The Hall–Kier alpha value is -2.25. The number of hydrogen-bond donors (Lipinski definition) is 2. The number of nitrogens with zero attached hydrogens (tertiary/aromatic N) is 1. The third-order valence-corrected chi connectivity index (χ3v) is 5.73. The van der Waals surface area contributed by atoms with Gasteiger partial charge < -0.3 is 15.3 Å². The Morgan fingerprint density at radius 2 is 1.61 bits per heavy atom. The number of carbonyl (C=O) groups excluding carboxylic acids is 1. The molecule has 1 aliphatic carbocycles. The van der Waals surface area contributed by atoms with Crippen molar-refractivity contribution in [2.45, 2.75) is 51.1 Å². The van der Waals surface area contributed by atoms with E-state index in [2.05, 4.69) is 5.32 Å². The Morgan fingerprint density at radius 3 is 2.18 bits per heavy atom. The van der Waals surface area contributed by atoms with Gasteiger partial charge in [0, 0.05) is 19.0 Å². The summed E-state index contributed by atoms with van der Waals surface area (Å²) in [7, 11) is 0. The molecule has 2 aliphatic rings. The van der Waals surface area contributed by atoms with E-state index in [4.69, 9.17) is 5.11 Å². The minimum absolute atomic E-state index is 0.182. The molecule has 1 aromatic carbocycles. The first-order chi connectivity index (χ1) is 13.3. The number of hydrogen-bond acceptors (Lipinski definition) is 3. The highest BCUT2D eigenvalue weighted by Crippen LogP contribution is 2.37. The Bertz CT molecular complexity index is 722. The van der Waals surface area contributed by atoms with Gasteiger partial charge in [-0.15, -0.1) is 0 Å². The molecule has 3 rings (SSSR count). The molecule has 0 bridgehead atoms. The van der Waals surface area contributed by atoms with Gasteiger partial charge in [0.1, 0.15) is 0 Å². The van der Waals surface area contributed by atoms with Crippen LogP contribution in [0.25, 0.3) is 0 Å². The smallest absolute Gasteiger partial charge is 0.416 e. The molecular formula is C20H25F3N2O3. The average Bonchev–Trinajstić information content (AvgIpc) is 2.68. The Morgan fingerprint density at radius 1 is 1.00 bits per heavy atom. The van der Waals surface area contributed by atoms with Crippen molar-refractivity contribution in [3.63, 3.8) is 0 Å². The van der Waals surface area contributed by atoms with E-state index < -0.39 is 23.6 Å². The van der Waals surface area contributed by atoms with E-state index in [0.29, 0.717) is 31.4 Å². The largest absolute Gasteiger partial charge is 0.481 e. The summed E-state index contributed by atoms with van der Waals surface area (Å²) < 4.78 is 39.5. The van der Waals surface area contributed by atoms with Crippen molar-refractivity contribution in [2.24, 2.45) is 11.8 Å². The van der Waals surface area contributed by atoms with Crippen LogP contribution in [0.2, 0.25) is 0 Å². The molecule has 28 heavy (non-hydrogen) atoms. The highest BCUT2D eigenvalue weighted by atomic mass is 19.4. The van der Waals surface area contributed by atoms with Gasteiger partial charge in [0.2, 0.25) is 5.91 Å². The van der Waals surface area contributed by atoms with Crippen LogP contribution in [-0.2, 0) is 15.8 Å². The van der Waals surface area contributed by atoms with Gasteiger partial charge in [-0.25, -0.2) is 0 Å². The molecule has 0 atom stereocenters. The number of nitrogens with one attached hydrogen (secondary N) is 1. The zero-order valence-electron chi connectivity index (χ0n) is 15.6. The monoisotopic (exact) mass is 398 g/mol. The molecule has 1 aliphatic heterocycles. The SMILES string of the molecule is O=C(O)C1CCC(C(=O)Nc2cc(C(F)(F)F)ccc2N2CCCCC2)CC1. The molecule has 2 fully saturated rings. The number of amides is 1. The lowest BCUT2D eigenvalue weighted by atomic mass is 9.81. The fourth-order valence-corrected chi connectivity index (χ4v) is 4.06. The summed E-state index contributed by atoms with van der Waals surface area (Å²) in [5.74, 6) is -2.01. The number of carbonyl (C=O) groups is 2. The van der Waals surface area contributed by atoms with Crippen LogP contribution in [0.3, 0.4) is 0 Å². The normalized spacial score (nSPS) is 23.3. The van der Waals surface area contributed by atoms with E-state index in [-0.39, 0.29) is 17.5 Å². The van der Waals surface area contributed by atoms with Crippen molar-refractivity contribution in [3.8, 4) is 0 Å². The van der Waals surface area contributed by atoms with Crippen molar-refractivity contribution in [3.05, 3.63) is 23.8 Å². The quantitative estimate of drug-likeness (QED) is 0.782. The highest BCUT2D eigenvalue weighted by Gasteiger charge is 2.33. The molecule has 1 aromatic rings. The number of halogens is 3. The van der Waals surface area contributed by atoms with E-state index in [1.54, 1.807) is 0 Å². The predicted octanol–water partition coefficient (Wildman–Crippen LogP) is 4.53. The van der Waals surface area contributed by atoms with Crippen LogP contribution < -0.4 is 10.2 Å². The second-order valence-corrected chi connectivity index (χ2v) is 7.65. The lowest BCUT2D eigenvalue weighted by Crippen LogP contribution is -2.32. The van der Waals surface area contributed by atoms with Crippen molar-refractivity contribution in [2.75, 3.05) is 23.3 Å². The van der Waals surface area contributed by atoms with Crippen LogP contribution in [0.5, 0.6) is 0 Å². The van der Waals surface area contributed by atoms with Gasteiger partial charge in [-0.3, -0.25) is 9.59 Å². The molecule has 1 saturated carbocycles. The van der Waals surface area contributed by atoms with Gasteiger partial charge in [0.15, 0.2) is 0 Å². The predicted molar refractivity (Wildman–Crippen MR) is 99.2 cm³/mol. The van der Waals surface area contributed by atoms with E-state index in [0.717, 1.165) is 44.5 Å². The number of anilines is 2. The van der Waals surface area contributed by atoms with E-state index in [9.17, 15) is 22.8 Å². The number of aliphatic carboxylic acids is 1. The lowest BCUT2D eigenvalue weighted by molar-refractivity contribution is -0.143. The third-order valence-electron chi connectivity index (χ3n) is 5.73. The Kier molecular flexibility index (Phi) is 6.15. The van der Waals surface area contributed by atoms with E-state index in [1.807, 2.05) is 4.90 Å². The maximum absolute atomic E-state index is 13.2. The van der Waals surface area contributed by atoms with Crippen molar-refractivity contribution >= 4 is 23.3 Å². The van der Waals surface area contributed by atoms with Crippen LogP contribution >= 0.6 is 0 Å². The molecule has 154 valence electrons. The molecule has 1 amide bonds. The summed E-state index contributed by atoms with van der Waals surface area (Å²) in [6.07, 6.45) is 0.220. The molecule has 5 nitrogen and oxygen atoms in total. The first kappa shape index (κ1) is 20.5. The molecule has 8 heteroatoms. The number of carboxylic acids is 1. The number of alkyl halides is 3. The summed E-state index contributed by atoms with van der Waals surface area (Å²) >= 11 is 0. The summed E-state index contributed by atoms with van der Waals surface area (Å²) in [6.45, 7) is 1.50. The standard InChI is InChI=1S/C20H25F3N2O3/c21-20(22,23)15-8-9-17(25-10-2-1-3-11-25)16(12-15)24-18(26)13-4-6-14(7-5-13)19(27)28/h8-9,12-14H,1-7,10-11H2,(H,24,26)(H,27,28). The Balaban J connectivity index is 1.78. The van der Waals surface area contributed by atoms with Crippen molar-refractivity contribution < 1.29 is 27.9 Å². The maximum atomic E-state index is 13.2. The minimum atomic E-state index is -4.49. The van der Waals surface area contributed by atoms with Crippen LogP contribution in [0, 0.1) is 11.8 Å². The van der Waals surface area contributed by atoms with Gasteiger partial charge in [-0.2, -0.15) is 13.2 Å². The molecule has 1 saturated heterocycles. The van der Waals surface area contributed by atoms with E-state index in [1.165, 1.54) is 6.07 Å². The Labute approximate surface area is 161 Å². The molecule has 0 radical (unpaired) electrons. The molecule has 2 N–H and O–H groups in total. The summed E-state index contributed by atoms with van der Waals surface area (Å²) in [5.41, 5.74) is 0.000463. The van der Waals surface area contributed by atoms with Crippen LogP contribution in [-0.4, -0.2) is 30.1 Å². The van der Waals surface area contributed by atoms with Gasteiger partial charge in [0.05, 0.1) is 22.9 Å². The van der Waals surface area contributed by atoms with Crippen molar-refractivity contribution in [1.82, 2.24) is 0 Å². The number of benzene rings is 1. The van der Waals surface area contributed by atoms with Gasteiger partial charge in [0.25, 0.3) is 0 Å². The van der Waals surface area contributed by atoms with Gasteiger partial charge in [-0.1, -0.05) is 0 Å². The highest BCUT2D eigenvalue weighted by molar-refractivity contribution is 5.96. The van der Waals surface area contributed by atoms with Crippen LogP contribution in [0.15, 0.2) is 18.2 Å². The first-order valence-electron chi connectivity index (χ1n) is 9.75. The van der Waals surface area contributed by atoms with Crippen LogP contribution in [0.4, 0.5) is 24.5 Å². The maximum Gasteiger partial charge on any atom is 0.416 e. The summed E-state index contributed by atoms with van der Waals surface area (Å²) in [4.78, 5) is 25.8. The number of carboxylic acid groups (broad SMARTS) is 1. The zero-order chi connectivity index (χ0) is 20.3. The second-order valence-electron chi connectivity index (χ2n) is 7.65. The lowest BCUT2D eigenvalue weighted by Gasteiger charge is -2.32. The second kappa shape index (κ2) is 8.41. The first-order valence-corrected chi connectivity index (χ1v) is 9.75. The number of piperidine rings is 1. The molecule has 1 heterocycles. The minimum Gasteiger partial charge on any atom is -0.481 e. The topological polar surface area (TPSA) is 69.6 Å². The molecular weight excluding hydrogens is 373 g/mol. The fourth-order valence-electron chi connectivity index (χ4n) is 4.06. The molecule has 0 aromatic heterocycles. The van der Waals surface area contributed by atoms with Gasteiger partial charge >= 0.3 is 12.1 Å². The summed E-state index contributed by atoms with van der Waals surface area (Å²) in [6, 6.07) is 3.49. The molecule has 0 spiro atoms. The third kappa shape index (κ3) is 4.77. The zero-order valence-corrected chi connectivity index (χ0v) is 15.6. The number of rotatable bonds is 4. The van der Waals surface area contributed by atoms with Gasteiger partial charge in [-0.05, 0) is 63.1 Å². The van der Waals surface area contributed by atoms with E-state index >= 15 is 0 Å². The summed E-state index contributed by atoms with van der Waals surface area (Å²) in [5, 5.41) is 11.8. The average molecular weight is 398 g/mol.